The van der Waals surface area contributed by atoms with Crippen molar-refractivity contribution in [2.75, 3.05) is 6.54 Å². The molecule has 1 aromatic rings. The molecule has 0 bridgehead atoms. The number of nitrogens with one attached hydrogen (secondary N) is 1. The Bertz CT molecular complexity index is 504. The zero-order valence-corrected chi connectivity index (χ0v) is 12.6. The molecule has 110 valence electrons. The lowest BCUT2D eigenvalue weighted by atomic mass is 9.82. The van der Waals surface area contributed by atoms with Crippen LogP contribution >= 0.6 is 0 Å². The van der Waals surface area contributed by atoms with E-state index < -0.39 is 11.4 Å². The molecular formula is C16H23NO3. The molecule has 0 saturated carbocycles. The molecule has 4 nitrogen and oxygen atoms in total. The number of benzene rings is 1. The van der Waals surface area contributed by atoms with E-state index >= 15 is 0 Å². The summed E-state index contributed by atoms with van der Waals surface area (Å²) in [5.41, 5.74) is 1.63. The van der Waals surface area contributed by atoms with Gasteiger partial charge in [-0.3, -0.25) is 9.59 Å². The molecule has 1 amide bonds. The average Bonchev–Trinajstić information content (AvgIpc) is 2.42. The van der Waals surface area contributed by atoms with Gasteiger partial charge >= 0.3 is 5.97 Å². The van der Waals surface area contributed by atoms with E-state index in [1.54, 1.807) is 0 Å². The van der Waals surface area contributed by atoms with Crippen LogP contribution in [-0.4, -0.2) is 23.5 Å². The number of carboxylic acids is 1. The highest BCUT2D eigenvalue weighted by Crippen LogP contribution is 2.26. The molecule has 0 radical (unpaired) electrons. The average molecular weight is 277 g/mol. The predicted octanol–water partition coefficient (Wildman–Crippen LogP) is 2.92. The lowest BCUT2D eigenvalue weighted by Crippen LogP contribution is -2.42. The van der Waals surface area contributed by atoms with Crippen molar-refractivity contribution in [3.63, 3.8) is 0 Å². The second kappa shape index (κ2) is 6.55. The number of carbonyl (C=O) groups is 2. The van der Waals surface area contributed by atoms with Crippen LogP contribution in [0.2, 0.25) is 0 Å². The summed E-state index contributed by atoms with van der Waals surface area (Å²) in [7, 11) is 0. The fourth-order valence-electron chi connectivity index (χ4n) is 2.20. The fourth-order valence-corrected chi connectivity index (χ4v) is 2.20. The smallest absolute Gasteiger partial charge is 0.311 e. The van der Waals surface area contributed by atoms with Crippen molar-refractivity contribution in [2.24, 2.45) is 5.41 Å². The summed E-state index contributed by atoms with van der Waals surface area (Å²) < 4.78 is 0. The Morgan fingerprint density at radius 2 is 1.80 bits per heavy atom. The molecule has 1 aromatic carbocycles. The van der Waals surface area contributed by atoms with Gasteiger partial charge in [-0.1, -0.05) is 31.5 Å². The molecule has 0 aliphatic rings. The molecule has 0 spiro atoms. The summed E-state index contributed by atoms with van der Waals surface area (Å²) in [6.45, 7) is 7.62. The molecule has 0 aromatic heterocycles. The summed E-state index contributed by atoms with van der Waals surface area (Å²) in [5, 5.41) is 12.1. The number of carbonyl (C=O) groups excluding carboxylic acids is 1. The second-order valence-electron chi connectivity index (χ2n) is 5.29. The number of amides is 1. The van der Waals surface area contributed by atoms with E-state index in [1.807, 2.05) is 45.9 Å². The van der Waals surface area contributed by atoms with Gasteiger partial charge in [0.25, 0.3) is 5.91 Å². The second-order valence-corrected chi connectivity index (χ2v) is 5.29. The summed E-state index contributed by atoms with van der Waals surface area (Å²) >= 11 is 0. The van der Waals surface area contributed by atoms with Crippen molar-refractivity contribution in [3.05, 3.63) is 34.9 Å². The number of rotatable bonds is 6. The minimum atomic E-state index is -0.882. The number of hydrogen-bond donors (Lipinski definition) is 2. The monoisotopic (exact) mass is 277 g/mol. The number of hydrogen-bond acceptors (Lipinski definition) is 2. The fraction of sp³-hybridized carbons (Fsp3) is 0.500. The summed E-state index contributed by atoms with van der Waals surface area (Å²) in [6, 6.07) is 5.67. The van der Waals surface area contributed by atoms with Crippen LogP contribution in [0.4, 0.5) is 0 Å². The van der Waals surface area contributed by atoms with Gasteiger partial charge in [0.1, 0.15) is 0 Å². The van der Waals surface area contributed by atoms with Crippen molar-refractivity contribution >= 4 is 11.9 Å². The Morgan fingerprint density at radius 3 is 2.30 bits per heavy atom. The van der Waals surface area contributed by atoms with Gasteiger partial charge in [-0.15, -0.1) is 0 Å². The molecule has 20 heavy (non-hydrogen) atoms. The summed E-state index contributed by atoms with van der Waals surface area (Å²) in [5.74, 6) is -1.07. The number of aliphatic carboxylic acids is 1. The number of carboxylic acid groups (broad SMARTS) is 1. The van der Waals surface area contributed by atoms with Gasteiger partial charge in [0, 0.05) is 12.1 Å². The van der Waals surface area contributed by atoms with E-state index in [-0.39, 0.29) is 12.5 Å². The van der Waals surface area contributed by atoms with Gasteiger partial charge in [0.15, 0.2) is 0 Å². The number of aryl methyl sites for hydroxylation is 2. The van der Waals surface area contributed by atoms with Gasteiger partial charge in [-0.05, 0) is 38.3 Å². The van der Waals surface area contributed by atoms with Crippen molar-refractivity contribution in [1.82, 2.24) is 5.32 Å². The SMILES string of the molecule is CCC(CC)(CNC(=O)c1cc(C)ccc1C)C(=O)O. The molecule has 0 saturated heterocycles. The first-order valence-corrected chi connectivity index (χ1v) is 6.95. The lowest BCUT2D eigenvalue weighted by Gasteiger charge is -2.27. The first-order chi connectivity index (χ1) is 9.36. The molecule has 0 unspecified atom stereocenters. The van der Waals surface area contributed by atoms with Gasteiger partial charge < -0.3 is 10.4 Å². The van der Waals surface area contributed by atoms with Gasteiger partial charge in [0.2, 0.25) is 0 Å². The Labute approximate surface area is 120 Å². The topological polar surface area (TPSA) is 66.4 Å². The predicted molar refractivity (Wildman–Crippen MR) is 78.9 cm³/mol. The van der Waals surface area contributed by atoms with Crippen molar-refractivity contribution in [2.45, 2.75) is 40.5 Å². The third kappa shape index (κ3) is 3.38. The van der Waals surface area contributed by atoms with Crippen LogP contribution in [0.1, 0.15) is 48.2 Å². The summed E-state index contributed by atoms with van der Waals surface area (Å²) in [6.07, 6.45) is 0.984. The highest BCUT2D eigenvalue weighted by atomic mass is 16.4. The molecule has 0 aliphatic carbocycles. The maximum absolute atomic E-state index is 12.2. The summed E-state index contributed by atoms with van der Waals surface area (Å²) in [4.78, 5) is 23.6. The Hall–Kier alpha value is -1.84. The zero-order chi connectivity index (χ0) is 15.3. The van der Waals surface area contributed by atoms with Crippen LogP contribution in [-0.2, 0) is 4.79 Å². The van der Waals surface area contributed by atoms with Crippen LogP contribution in [0.15, 0.2) is 18.2 Å². The molecule has 0 aliphatic heterocycles. The minimum Gasteiger partial charge on any atom is -0.481 e. The van der Waals surface area contributed by atoms with E-state index in [2.05, 4.69) is 5.32 Å². The molecular weight excluding hydrogens is 254 g/mol. The first kappa shape index (κ1) is 16.2. The standard InChI is InChI=1S/C16H23NO3/c1-5-16(6-2,15(19)20)10-17-14(18)13-9-11(3)7-8-12(13)4/h7-9H,5-6,10H2,1-4H3,(H,17,18)(H,19,20). The van der Waals surface area contributed by atoms with Crippen molar-refractivity contribution in [1.29, 1.82) is 0 Å². The van der Waals surface area contributed by atoms with Crippen LogP contribution in [0.3, 0.4) is 0 Å². The first-order valence-electron chi connectivity index (χ1n) is 6.95. The normalized spacial score (nSPS) is 11.2. The Morgan fingerprint density at radius 1 is 1.20 bits per heavy atom. The van der Waals surface area contributed by atoms with Crippen LogP contribution in [0.5, 0.6) is 0 Å². The van der Waals surface area contributed by atoms with Crippen LogP contribution in [0.25, 0.3) is 0 Å². The molecule has 4 heteroatoms. The third-order valence-electron chi connectivity index (χ3n) is 4.03. The Kier molecular flexibility index (Phi) is 5.31. The highest BCUT2D eigenvalue weighted by molar-refractivity contribution is 5.96. The maximum Gasteiger partial charge on any atom is 0.311 e. The van der Waals surface area contributed by atoms with E-state index in [0.717, 1.165) is 11.1 Å². The van der Waals surface area contributed by atoms with E-state index in [9.17, 15) is 14.7 Å². The molecule has 0 atom stereocenters. The van der Waals surface area contributed by atoms with Crippen molar-refractivity contribution < 1.29 is 14.7 Å². The zero-order valence-electron chi connectivity index (χ0n) is 12.6. The minimum absolute atomic E-state index is 0.154. The highest BCUT2D eigenvalue weighted by Gasteiger charge is 2.35. The van der Waals surface area contributed by atoms with Crippen LogP contribution in [0, 0.1) is 19.3 Å². The van der Waals surface area contributed by atoms with Gasteiger partial charge in [-0.25, -0.2) is 0 Å². The Balaban J connectivity index is 2.86. The molecule has 0 fully saturated rings. The maximum atomic E-state index is 12.2. The van der Waals surface area contributed by atoms with Crippen LogP contribution < -0.4 is 5.32 Å². The van der Waals surface area contributed by atoms with E-state index in [0.29, 0.717) is 18.4 Å². The molecule has 2 N–H and O–H groups in total. The molecule has 1 rings (SSSR count). The van der Waals surface area contributed by atoms with E-state index in [1.165, 1.54) is 0 Å². The largest absolute Gasteiger partial charge is 0.481 e. The van der Waals surface area contributed by atoms with Crippen molar-refractivity contribution in [3.8, 4) is 0 Å². The lowest BCUT2D eigenvalue weighted by molar-refractivity contribution is -0.149. The van der Waals surface area contributed by atoms with Gasteiger partial charge in [-0.2, -0.15) is 0 Å². The third-order valence-corrected chi connectivity index (χ3v) is 4.03. The quantitative estimate of drug-likeness (QED) is 0.840. The van der Waals surface area contributed by atoms with E-state index in [4.69, 9.17) is 0 Å². The van der Waals surface area contributed by atoms with Gasteiger partial charge in [0.05, 0.1) is 5.41 Å². The molecule has 0 heterocycles.